The van der Waals surface area contributed by atoms with Gasteiger partial charge in [-0.15, -0.1) is 11.3 Å². The molecule has 1 unspecified atom stereocenters. The minimum Gasteiger partial charge on any atom is -0.383 e. The van der Waals surface area contributed by atoms with E-state index in [1.165, 1.54) is 17.3 Å². The van der Waals surface area contributed by atoms with Crippen molar-refractivity contribution in [3.05, 3.63) is 41.4 Å². The lowest BCUT2D eigenvalue weighted by molar-refractivity contribution is 0.0603. The molecule has 0 spiro atoms. The normalized spacial score (nSPS) is 17.4. The van der Waals surface area contributed by atoms with Crippen LogP contribution in [0.1, 0.15) is 43.1 Å². The van der Waals surface area contributed by atoms with Gasteiger partial charge in [-0.1, -0.05) is 25.1 Å². The third-order valence-corrected chi connectivity index (χ3v) is 6.50. The zero-order chi connectivity index (χ0) is 19.5. The molecular formula is C22H27N3O2S. The van der Waals surface area contributed by atoms with Crippen molar-refractivity contribution in [1.29, 1.82) is 0 Å². The highest BCUT2D eigenvalue weighted by Gasteiger charge is 2.28. The number of benzene rings is 1. The number of amides is 1. The highest BCUT2D eigenvalue weighted by Crippen LogP contribution is 2.31. The lowest BCUT2D eigenvalue weighted by atomic mass is 10.00. The fraction of sp³-hybridized carbons (Fsp3) is 0.455. The predicted octanol–water partition coefficient (Wildman–Crippen LogP) is 4.82. The van der Waals surface area contributed by atoms with E-state index in [4.69, 9.17) is 9.72 Å². The van der Waals surface area contributed by atoms with Crippen LogP contribution in [0.4, 0.5) is 0 Å². The molecule has 5 nitrogen and oxygen atoms in total. The Morgan fingerprint density at radius 2 is 2.18 bits per heavy atom. The first-order chi connectivity index (χ1) is 13.7. The van der Waals surface area contributed by atoms with Gasteiger partial charge in [0.15, 0.2) is 0 Å². The number of hydrogen-bond acceptors (Lipinski definition) is 4. The van der Waals surface area contributed by atoms with Crippen LogP contribution in [0, 0.1) is 0 Å². The molecule has 1 atom stereocenters. The largest absolute Gasteiger partial charge is 0.383 e. The number of fused-ring (bicyclic) bond motifs is 1. The molecule has 2 aromatic heterocycles. The molecule has 4 rings (SSSR count). The molecule has 1 fully saturated rings. The van der Waals surface area contributed by atoms with E-state index >= 15 is 0 Å². The fourth-order valence-electron chi connectivity index (χ4n) is 4.14. The van der Waals surface area contributed by atoms with Gasteiger partial charge in [0.2, 0.25) is 0 Å². The van der Waals surface area contributed by atoms with Gasteiger partial charge in [-0.3, -0.25) is 4.79 Å². The first-order valence-electron chi connectivity index (χ1n) is 10.1. The maximum atomic E-state index is 13.1. The van der Waals surface area contributed by atoms with Gasteiger partial charge < -0.3 is 14.2 Å². The molecule has 0 N–H and O–H groups in total. The van der Waals surface area contributed by atoms with Gasteiger partial charge in [0, 0.05) is 42.5 Å². The number of methoxy groups -OCH3 is 1. The van der Waals surface area contributed by atoms with E-state index in [9.17, 15) is 4.79 Å². The summed E-state index contributed by atoms with van der Waals surface area (Å²) in [6, 6.07) is 10.8. The molecule has 148 valence electrons. The number of thiazole rings is 1. The molecule has 1 aliphatic heterocycles. The molecule has 3 heterocycles. The minimum atomic E-state index is 0.0774. The summed E-state index contributed by atoms with van der Waals surface area (Å²) in [5.41, 5.74) is 2.79. The lowest BCUT2D eigenvalue weighted by Crippen LogP contribution is -2.43. The van der Waals surface area contributed by atoms with Gasteiger partial charge in [0.25, 0.3) is 5.91 Å². The van der Waals surface area contributed by atoms with Crippen molar-refractivity contribution in [2.45, 2.75) is 45.2 Å². The molecule has 6 heteroatoms. The second-order valence-electron chi connectivity index (χ2n) is 7.33. The van der Waals surface area contributed by atoms with E-state index < -0.39 is 0 Å². The summed E-state index contributed by atoms with van der Waals surface area (Å²) in [6.07, 6.45) is 4.41. The van der Waals surface area contributed by atoms with Crippen molar-refractivity contribution < 1.29 is 9.53 Å². The highest BCUT2D eigenvalue weighted by molar-refractivity contribution is 7.13. The zero-order valence-corrected chi connectivity index (χ0v) is 17.4. The number of carbonyl (C=O) groups excluding carboxylic acids is 1. The Kier molecular flexibility index (Phi) is 5.78. The average molecular weight is 398 g/mol. The number of rotatable bonds is 6. The summed E-state index contributed by atoms with van der Waals surface area (Å²) in [5.74, 6) is 0.0774. The van der Waals surface area contributed by atoms with Gasteiger partial charge in [0.1, 0.15) is 10.7 Å². The van der Waals surface area contributed by atoms with Crippen LogP contribution in [-0.4, -0.2) is 46.7 Å². The Hall–Kier alpha value is -2.18. The fourth-order valence-corrected chi connectivity index (χ4v) is 4.96. The standard InChI is InChI=1S/C22H27N3O2S/c1-3-17-9-6-7-11-24(17)22(26)18-15-28-21(23-18)20-14-16-8-4-5-10-19(16)25(20)12-13-27-2/h4-5,8,10,14-15,17H,3,6-7,9,11-13H2,1-2H3. The minimum absolute atomic E-state index is 0.0774. The van der Waals surface area contributed by atoms with E-state index in [1.54, 1.807) is 18.4 Å². The summed E-state index contributed by atoms with van der Waals surface area (Å²) >= 11 is 1.55. The molecule has 1 aliphatic rings. The van der Waals surface area contributed by atoms with E-state index in [0.29, 0.717) is 18.3 Å². The maximum Gasteiger partial charge on any atom is 0.273 e. The summed E-state index contributed by atoms with van der Waals surface area (Å²) < 4.78 is 7.54. The number of nitrogens with zero attached hydrogens (tertiary/aromatic N) is 3. The number of hydrogen-bond donors (Lipinski definition) is 0. The van der Waals surface area contributed by atoms with Crippen molar-refractivity contribution in [3.8, 4) is 10.7 Å². The van der Waals surface area contributed by atoms with Crippen LogP contribution in [0.15, 0.2) is 35.7 Å². The molecule has 0 saturated carbocycles. The van der Waals surface area contributed by atoms with Crippen LogP contribution in [0.5, 0.6) is 0 Å². The van der Waals surface area contributed by atoms with Gasteiger partial charge in [0.05, 0.1) is 12.3 Å². The predicted molar refractivity (Wildman–Crippen MR) is 114 cm³/mol. The molecule has 1 saturated heterocycles. The second-order valence-corrected chi connectivity index (χ2v) is 8.19. The smallest absolute Gasteiger partial charge is 0.273 e. The maximum absolute atomic E-state index is 13.1. The molecule has 28 heavy (non-hydrogen) atoms. The summed E-state index contributed by atoms with van der Waals surface area (Å²) in [5, 5.41) is 3.98. The molecule has 1 amide bonds. The molecule has 1 aromatic carbocycles. The van der Waals surface area contributed by atoms with Crippen molar-refractivity contribution in [1.82, 2.24) is 14.5 Å². The molecule has 3 aromatic rings. The summed E-state index contributed by atoms with van der Waals surface area (Å²) in [4.78, 5) is 19.9. The van der Waals surface area contributed by atoms with Crippen molar-refractivity contribution in [3.63, 3.8) is 0 Å². The molecule has 0 aliphatic carbocycles. The number of ether oxygens (including phenoxy) is 1. The van der Waals surface area contributed by atoms with Gasteiger partial charge in [-0.25, -0.2) is 4.98 Å². The van der Waals surface area contributed by atoms with Crippen LogP contribution < -0.4 is 0 Å². The molecule has 0 radical (unpaired) electrons. The van der Waals surface area contributed by atoms with Gasteiger partial charge in [-0.05, 0) is 37.8 Å². The number of likely N-dealkylation sites (tertiary alicyclic amines) is 1. The van der Waals surface area contributed by atoms with Crippen LogP contribution in [0.25, 0.3) is 21.6 Å². The Labute approximate surface area is 169 Å². The third kappa shape index (κ3) is 3.59. The Balaban J connectivity index is 1.66. The summed E-state index contributed by atoms with van der Waals surface area (Å²) in [7, 11) is 1.72. The van der Waals surface area contributed by atoms with Crippen LogP contribution in [0.3, 0.4) is 0 Å². The number of aromatic nitrogens is 2. The van der Waals surface area contributed by atoms with E-state index in [1.807, 2.05) is 22.4 Å². The second kappa shape index (κ2) is 8.45. The quantitative estimate of drug-likeness (QED) is 0.599. The first kappa shape index (κ1) is 19.2. The van der Waals surface area contributed by atoms with E-state index in [0.717, 1.165) is 43.1 Å². The number of carbonyl (C=O) groups is 1. The lowest BCUT2D eigenvalue weighted by Gasteiger charge is -2.34. The number of piperidine rings is 1. The SMILES string of the molecule is CCC1CCCCN1C(=O)c1csc(-c2cc3ccccc3n2CCOC)n1. The van der Waals surface area contributed by atoms with E-state index in [-0.39, 0.29) is 5.91 Å². The monoisotopic (exact) mass is 397 g/mol. The van der Waals surface area contributed by atoms with Crippen LogP contribution in [0.2, 0.25) is 0 Å². The Morgan fingerprint density at radius 1 is 1.32 bits per heavy atom. The third-order valence-electron chi connectivity index (χ3n) is 5.63. The number of para-hydroxylation sites is 1. The van der Waals surface area contributed by atoms with Gasteiger partial charge >= 0.3 is 0 Å². The van der Waals surface area contributed by atoms with E-state index in [2.05, 4.69) is 29.7 Å². The van der Waals surface area contributed by atoms with Crippen molar-refractivity contribution >= 4 is 28.1 Å². The van der Waals surface area contributed by atoms with Crippen LogP contribution >= 0.6 is 11.3 Å². The van der Waals surface area contributed by atoms with Gasteiger partial charge in [-0.2, -0.15) is 0 Å². The zero-order valence-electron chi connectivity index (χ0n) is 16.6. The van der Waals surface area contributed by atoms with Crippen molar-refractivity contribution in [2.24, 2.45) is 0 Å². The van der Waals surface area contributed by atoms with Crippen LogP contribution in [-0.2, 0) is 11.3 Å². The molecular weight excluding hydrogens is 370 g/mol. The Morgan fingerprint density at radius 3 is 3.00 bits per heavy atom. The topological polar surface area (TPSA) is 47.4 Å². The summed E-state index contributed by atoms with van der Waals surface area (Å²) in [6.45, 7) is 4.40. The van der Waals surface area contributed by atoms with Crippen molar-refractivity contribution in [2.75, 3.05) is 20.3 Å². The first-order valence-corrected chi connectivity index (χ1v) is 10.9. The highest BCUT2D eigenvalue weighted by atomic mass is 32.1. The molecule has 0 bridgehead atoms. The average Bonchev–Trinajstić information content (AvgIpc) is 3.36. The Bertz CT molecular complexity index is 962.